The Morgan fingerprint density at radius 2 is 2.16 bits per heavy atom. The summed E-state index contributed by atoms with van der Waals surface area (Å²) < 4.78 is 11.2. The van der Waals surface area contributed by atoms with Crippen molar-refractivity contribution in [3.63, 3.8) is 0 Å². The van der Waals surface area contributed by atoms with Crippen molar-refractivity contribution in [1.29, 1.82) is 0 Å². The van der Waals surface area contributed by atoms with Gasteiger partial charge in [-0.2, -0.15) is 0 Å². The van der Waals surface area contributed by atoms with E-state index < -0.39 is 5.91 Å². The number of aromatic nitrogens is 1. The van der Waals surface area contributed by atoms with Gasteiger partial charge in [0.2, 0.25) is 0 Å². The number of nitrogens with one attached hydrogen (secondary N) is 1. The summed E-state index contributed by atoms with van der Waals surface area (Å²) in [5, 5.41) is 4.92. The van der Waals surface area contributed by atoms with Crippen LogP contribution >= 0.6 is 11.3 Å². The second-order valence-electron chi connectivity index (χ2n) is 6.36. The predicted molar refractivity (Wildman–Crippen MR) is 93.1 cm³/mol. The fourth-order valence-corrected chi connectivity index (χ4v) is 4.01. The summed E-state index contributed by atoms with van der Waals surface area (Å²) in [6.45, 7) is 1.86. The largest absolute Gasteiger partial charge is 0.496 e. The maximum absolute atomic E-state index is 12.6. The second-order valence-corrected chi connectivity index (χ2v) is 7.22. The minimum Gasteiger partial charge on any atom is -0.496 e. The fraction of sp³-hybridized carbons (Fsp3) is 0.389. The van der Waals surface area contributed by atoms with E-state index in [9.17, 15) is 9.59 Å². The molecule has 1 amide bonds. The molecule has 1 aliphatic heterocycles. The molecule has 1 saturated carbocycles. The van der Waals surface area contributed by atoms with Gasteiger partial charge in [0, 0.05) is 5.38 Å². The lowest BCUT2D eigenvalue weighted by atomic mass is 9.80. The molecule has 0 saturated heterocycles. The zero-order valence-electron chi connectivity index (χ0n) is 13.8. The summed E-state index contributed by atoms with van der Waals surface area (Å²) in [7, 11) is 0. The molecular formula is C18H18N2O4S. The number of furan rings is 1. The van der Waals surface area contributed by atoms with Gasteiger partial charge < -0.3 is 9.15 Å². The predicted octanol–water partition coefficient (Wildman–Crippen LogP) is 3.69. The zero-order valence-corrected chi connectivity index (χ0v) is 14.6. The molecule has 0 radical (unpaired) electrons. The first kappa shape index (κ1) is 16.1. The third-order valence-corrected chi connectivity index (χ3v) is 5.39. The Morgan fingerprint density at radius 1 is 1.32 bits per heavy atom. The number of hydrogen-bond acceptors (Lipinski definition) is 6. The third kappa shape index (κ3) is 3.11. The van der Waals surface area contributed by atoms with Crippen LogP contribution < -0.4 is 5.32 Å². The number of hydrogen-bond donors (Lipinski definition) is 1. The lowest BCUT2D eigenvalue weighted by Gasteiger charge is -2.33. The Kier molecular flexibility index (Phi) is 4.17. The highest BCUT2D eigenvalue weighted by molar-refractivity contribution is 7.14. The van der Waals surface area contributed by atoms with Crippen molar-refractivity contribution in [1.82, 2.24) is 4.98 Å². The molecule has 7 heteroatoms. The van der Waals surface area contributed by atoms with Crippen LogP contribution in [0.25, 0.3) is 11.5 Å². The first-order valence-electron chi connectivity index (χ1n) is 8.35. The average Bonchev–Trinajstić information content (AvgIpc) is 3.24. The van der Waals surface area contributed by atoms with Crippen LogP contribution in [0.4, 0.5) is 5.13 Å². The van der Waals surface area contributed by atoms with Gasteiger partial charge in [0.15, 0.2) is 16.7 Å². The van der Waals surface area contributed by atoms with Gasteiger partial charge in [-0.1, -0.05) is 6.42 Å². The number of amides is 1. The first-order chi connectivity index (χ1) is 12.1. The number of aryl methyl sites for hydroxylation is 1. The topological polar surface area (TPSA) is 81.4 Å². The number of anilines is 1. The van der Waals surface area contributed by atoms with Crippen LogP contribution in [-0.2, 0) is 14.3 Å². The average molecular weight is 358 g/mol. The Bertz CT molecular complexity index is 851. The van der Waals surface area contributed by atoms with Gasteiger partial charge in [-0.15, -0.1) is 11.3 Å². The van der Waals surface area contributed by atoms with Gasteiger partial charge in [-0.05, 0) is 38.3 Å². The van der Waals surface area contributed by atoms with E-state index in [1.807, 2.05) is 19.1 Å². The van der Waals surface area contributed by atoms with Crippen LogP contribution in [0.3, 0.4) is 0 Å². The van der Waals surface area contributed by atoms with Crippen molar-refractivity contribution in [2.24, 2.45) is 5.92 Å². The lowest BCUT2D eigenvalue weighted by Crippen LogP contribution is -2.39. The van der Waals surface area contributed by atoms with E-state index in [0.717, 1.165) is 31.4 Å². The maximum atomic E-state index is 12.6. The molecule has 1 aliphatic carbocycles. The summed E-state index contributed by atoms with van der Waals surface area (Å²) in [5.41, 5.74) is 0.731. The number of carbonyl (C=O) groups is 2. The molecule has 2 unspecified atom stereocenters. The fourth-order valence-electron chi connectivity index (χ4n) is 3.32. The highest BCUT2D eigenvalue weighted by atomic mass is 32.1. The molecule has 3 heterocycles. The van der Waals surface area contributed by atoms with E-state index >= 15 is 0 Å². The standard InChI is InChI=1S/C18H18N2O4S/c1-10-6-7-15(24-10)13-9-25-18(19-13)20-17(22)12-8-23-14-5-3-2-4-11(14)16(12)21/h6-9,11,14H,2-5H2,1H3,(H,19,20,22). The smallest absolute Gasteiger partial charge is 0.264 e. The monoisotopic (exact) mass is 358 g/mol. The number of nitrogens with zero attached hydrogens (tertiary/aromatic N) is 1. The molecule has 2 atom stereocenters. The van der Waals surface area contributed by atoms with Crippen molar-refractivity contribution in [2.45, 2.75) is 38.7 Å². The van der Waals surface area contributed by atoms with Crippen LogP contribution in [0, 0.1) is 12.8 Å². The highest BCUT2D eigenvalue weighted by Crippen LogP contribution is 2.33. The lowest BCUT2D eigenvalue weighted by molar-refractivity contribution is -0.129. The van der Waals surface area contributed by atoms with Gasteiger partial charge in [-0.3, -0.25) is 14.9 Å². The Balaban J connectivity index is 1.48. The molecule has 130 valence electrons. The number of ether oxygens (including phenoxy) is 1. The van der Waals surface area contributed by atoms with E-state index in [0.29, 0.717) is 16.6 Å². The molecule has 1 N–H and O–H groups in total. The second kappa shape index (κ2) is 6.48. The number of fused-ring (bicyclic) bond motifs is 1. The van der Waals surface area contributed by atoms with Crippen molar-refractivity contribution >= 4 is 28.2 Å². The molecule has 6 nitrogen and oxygen atoms in total. The summed E-state index contributed by atoms with van der Waals surface area (Å²) in [5.74, 6) is 0.663. The van der Waals surface area contributed by atoms with Gasteiger partial charge >= 0.3 is 0 Å². The Labute approximate surface area is 148 Å². The number of thiazole rings is 1. The molecule has 0 bridgehead atoms. The maximum Gasteiger partial charge on any atom is 0.264 e. The summed E-state index contributed by atoms with van der Waals surface area (Å²) >= 11 is 1.29. The summed E-state index contributed by atoms with van der Waals surface area (Å²) in [4.78, 5) is 29.4. The van der Waals surface area contributed by atoms with Crippen LogP contribution in [0.2, 0.25) is 0 Å². The molecule has 0 spiro atoms. The number of carbonyl (C=O) groups excluding carboxylic acids is 2. The molecule has 1 fully saturated rings. The van der Waals surface area contributed by atoms with E-state index in [1.165, 1.54) is 17.6 Å². The quantitative estimate of drug-likeness (QED) is 0.846. The number of Topliss-reactive ketones (excluding diaryl/α,β-unsaturated/α-hetero) is 1. The Hall–Kier alpha value is -2.41. The van der Waals surface area contributed by atoms with E-state index in [1.54, 1.807) is 5.38 Å². The molecule has 2 aromatic rings. The molecule has 4 rings (SSSR count). The third-order valence-electron chi connectivity index (χ3n) is 4.63. The SMILES string of the molecule is Cc1ccc(-c2csc(NC(=O)C3=COC4CCCCC4C3=O)n2)o1. The molecule has 2 aromatic heterocycles. The molecule has 25 heavy (non-hydrogen) atoms. The van der Waals surface area contributed by atoms with Gasteiger partial charge in [0.25, 0.3) is 5.91 Å². The number of rotatable bonds is 3. The van der Waals surface area contributed by atoms with Crippen molar-refractivity contribution < 1.29 is 18.7 Å². The number of ketones is 1. The van der Waals surface area contributed by atoms with Crippen LogP contribution in [-0.4, -0.2) is 22.8 Å². The molecule has 0 aromatic carbocycles. The van der Waals surface area contributed by atoms with Crippen molar-refractivity contribution in [2.75, 3.05) is 5.32 Å². The van der Waals surface area contributed by atoms with Crippen LogP contribution in [0.15, 0.2) is 33.8 Å². The van der Waals surface area contributed by atoms with Crippen molar-refractivity contribution in [3.8, 4) is 11.5 Å². The molecular weight excluding hydrogens is 340 g/mol. The van der Waals surface area contributed by atoms with Crippen LogP contribution in [0.5, 0.6) is 0 Å². The van der Waals surface area contributed by atoms with Gasteiger partial charge in [0.1, 0.15) is 23.1 Å². The van der Waals surface area contributed by atoms with E-state index in [-0.39, 0.29) is 23.4 Å². The van der Waals surface area contributed by atoms with Crippen LogP contribution in [0.1, 0.15) is 31.4 Å². The minimum absolute atomic E-state index is 0.0774. The summed E-state index contributed by atoms with van der Waals surface area (Å²) in [6, 6.07) is 3.69. The van der Waals surface area contributed by atoms with E-state index in [2.05, 4.69) is 10.3 Å². The van der Waals surface area contributed by atoms with Crippen molar-refractivity contribution in [3.05, 3.63) is 35.1 Å². The highest BCUT2D eigenvalue weighted by Gasteiger charge is 2.39. The Morgan fingerprint density at radius 3 is 2.96 bits per heavy atom. The van der Waals surface area contributed by atoms with E-state index in [4.69, 9.17) is 9.15 Å². The first-order valence-corrected chi connectivity index (χ1v) is 9.23. The zero-order chi connectivity index (χ0) is 17.4. The molecule has 2 aliphatic rings. The summed E-state index contributed by atoms with van der Waals surface area (Å²) in [6.07, 6.45) is 4.97. The normalized spacial score (nSPS) is 22.8. The van der Waals surface area contributed by atoms with Gasteiger partial charge in [-0.25, -0.2) is 4.98 Å². The minimum atomic E-state index is -0.467. The van der Waals surface area contributed by atoms with Gasteiger partial charge in [0.05, 0.1) is 12.2 Å².